The molecule has 0 aliphatic carbocycles. The summed E-state index contributed by atoms with van der Waals surface area (Å²) in [5.74, 6) is -0.208. The molecular weight excluding hydrogens is 464 g/mol. The molecule has 0 radical (unpaired) electrons. The predicted octanol–water partition coefficient (Wildman–Crippen LogP) is 4.80. The van der Waals surface area contributed by atoms with E-state index in [2.05, 4.69) is 91.0 Å². The zero-order chi connectivity index (χ0) is 21.9. The second kappa shape index (κ2) is 13.5. The first kappa shape index (κ1) is 25.3. The molecule has 3 N–H and O–H groups in total. The van der Waals surface area contributed by atoms with Crippen molar-refractivity contribution < 1.29 is 32.0 Å². The molecular formula is C26H25NNiO3P. The maximum atomic E-state index is 9.19. The van der Waals surface area contributed by atoms with Gasteiger partial charge in [0.2, 0.25) is 0 Å². The van der Waals surface area contributed by atoms with Gasteiger partial charge in [0.25, 0.3) is 0 Å². The molecule has 0 atom stereocenters. The van der Waals surface area contributed by atoms with Gasteiger partial charge in [0.1, 0.15) is 12.0 Å². The standard InChI is InChI=1S/C18H15P.C8H9NO3.Ni.H/c1-4-10-16(11-5-1)19(17-12-6-2-7-13-17)18-14-8-3-9-15-18;10-8(6-9(11)12)7-4-2-1-3-5-7;;/h1-15H;1-6,10-12H;;/b;8-6-;;. The second-order valence-corrected chi connectivity index (χ2v) is 8.76. The van der Waals surface area contributed by atoms with Crippen LogP contribution in [0.1, 0.15) is 5.56 Å². The smallest absolute Gasteiger partial charge is 0.0134 e. The number of rotatable bonds is 5. The van der Waals surface area contributed by atoms with Crippen molar-refractivity contribution >= 4 is 29.6 Å². The average molecular weight is 489 g/mol. The SMILES string of the molecule is O/C(=C\N(O)O)c1ccccc1.[NiH].c1ccc(P(c2ccccc2)c2ccccc2)cc1. The van der Waals surface area contributed by atoms with Crippen LogP contribution in [-0.2, 0) is 16.5 Å². The fraction of sp³-hybridized carbons (Fsp3) is 0. The minimum Gasteiger partial charge on any atom is -0.0622 e. The molecule has 0 amide bonds. The van der Waals surface area contributed by atoms with Crippen LogP contribution in [0.4, 0.5) is 0 Å². The largest absolute Gasteiger partial charge is 0.0622 e. The number of hydroxylamine groups is 2. The number of nitrogens with zero attached hydrogens (tertiary/aromatic N) is 1. The molecule has 0 fully saturated rings. The molecule has 0 bridgehead atoms. The van der Waals surface area contributed by atoms with E-state index in [0.717, 1.165) is 6.20 Å². The van der Waals surface area contributed by atoms with Crippen molar-refractivity contribution in [1.29, 1.82) is 0 Å². The normalized spacial score (nSPS) is 10.5. The molecule has 6 heteroatoms. The van der Waals surface area contributed by atoms with Crippen LogP contribution in [-0.4, -0.2) is 20.7 Å². The third kappa shape index (κ3) is 7.64. The monoisotopic (exact) mass is 488 g/mol. The molecule has 0 aliphatic heterocycles. The Hall–Kier alpha value is -2.94. The number of hydrogen-bond donors (Lipinski definition) is 3. The quantitative estimate of drug-likeness (QED) is 0.163. The summed E-state index contributed by atoms with van der Waals surface area (Å²) in [7, 11) is -0.446. The molecule has 4 nitrogen and oxygen atoms in total. The molecule has 32 heavy (non-hydrogen) atoms. The Morgan fingerprint density at radius 2 is 0.875 bits per heavy atom. The van der Waals surface area contributed by atoms with E-state index < -0.39 is 7.92 Å². The third-order valence-corrected chi connectivity index (χ3v) is 6.79. The molecule has 0 spiro atoms. The van der Waals surface area contributed by atoms with Crippen LogP contribution >= 0.6 is 7.92 Å². The van der Waals surface area contributed by atoms with Gasteiger partial charge in [-0.25, -0.2) is 0 Å². The predicted molar refractivity (Wildman–Crippen MR) is 129 cm³/mol. The minimum absolute atomic E-state index is 0. The van der Waals surface area contributed by atoms with Gasteiger partial charge >= 0.3 is 16.5 Å². The first-order chi connectivity index (χ1) is 15.1. The summed E-state index contributed by atoms with van der Waals surface area (Å²) in [6.45, 7) is 0. The molecule has 167 valence electrons. The Bertz CT molecular complexity index is 969. The fourth-order valence-corrected chi connectivity index (χ4v) is 5.28. The number of hydrogen-bond acceptors (Lipinski definition) is 4. The Balaban J connectivity index is 0.000000244. The van der Waals surface area contributed by atoms with E-state index in [1.54, 1.807) is 30.3 Å². The van der Waals surface area contributed by atoms with E-state index in [0.29, 0.717) is 5.56 Å². The zero-order valence-corrected chi connectivity index (χ0v) is 19.1. The van der Waals surface area contributed by atoms with Crippen LogP contribution in [0.2, 0.25) is 0 Å². The van der Waals surface area contributed by atoms with Gasteiger partial charge in [0, 0.05) is 5.56 Å². The Kier molecular flexibility index (Phi) is 10.7. The Morgan fingerprint density at radius 3 is 1.19 bits per heavy atom. The van der Waals surface area contributed by atoms with Crippen molar-refractivity contribution in [3.05, 3.63) is 133 Å². The average Bonchev–Trinajstić information content (AvgIpc) is 2.82. The van der Waals surface area contributed by atoms with Crippen LogP contribution in [0.15, 0.2) is 128 Å². The third-order valence-electron chi connectivity index (χ3n) is 4.35. The van der Waals surface area contributed by atoms with Gasteiger partial charge in [0.05, 0.1) is 0 Å². The van der Waals surface area contributed by atoms with Crippen molar-refractivity contribution in [2.45, 2.75) is 0 Å². The fourth-order valence-electron chi connectivity index (χ4n) is 2.97. The van der Waals surface area contributed by atoms with Gasteiger partial charge < -0.3 is 5.11 Å². The summed E-state index contributed by atoms with van der Waals surface area (Å²) in [5.41, 5.74) is 0.519. The topological polar surface area (TPSA) is 63.9 Å². The summed E-state index contributed by atoms with van der Waals surface area (Å²) in [5, 5.41) is 29.9. The van der Waals surface area contributed by atoms with Crippen LogP contribution in [0, 0.1) is 0 Å². The first-order valence-corrected chi connectivity index (χ1v) is 11.1. The molecule has 4 aromatic carbocycles. The molecule has 0 saturated heterocycles. The molecule has 0 aliphatic rings. The maximum Gasteiger partial charge on any atom is -0.0134 e. The van der Waals surface area contributed by atoms with Crippen LogP contribution in [0.3, 0.4) is 0 Å². The molecule has 4 aromatic rings. The first-order valence-electron chi connectivity index (χ1n) is 9.73. The van der Waals surface area contributed by atoms with E-state index in [1.807, 2.05) is 0 Å². The van der Waals surface area contributed by atoms with E-state index in [4.69, 9.17) is 10.4 Å². The summed E-state index contributed by atoms with van der Waals surface area (Å²) < 4.78 is 0. The Labute approximate surface area is 199 Å². The summed E-state index contributed by atoms with van der Waals surface area (Å²) in [6.07, 6.45) is 0.787. The molecule has 4 rings (SSSR count). The summed E-state index contributed by atoms with van der Waals surface area (Å²) in [4.78, 5) is 0. The van der Waals surface area contributed by atoms with Crippen LogP contribution in [0.5, 0.6) is 0 Å². The van der Waals surface area contributed by atoms with Crippen LogP contribution < -0.4 is 15.9 Å². The van der Waals surface area contributed by atoms with E-state index in [1.165, 1.54) is 15.9 Å². The number of benzene rings is 4. The van der Waals surface area contributed by atoms with E-state index in [9.17, 15) is 5.11 Å². The number of aliphatic hydroxyl groups excluding tert-OH is 1. The van der Waals surface area contributed by atoms with Gasteiger partial charge in [-0.3, -0.25) is 10.4 Å². The van der Waals surface area contributed by atoms with Gasteiger partial charge in [-0.15, -0.1) is 5.23 Å². The molecule has 0 heterocycles. The van der Waals surface area contributed by atoms with Crippen molar-refractivity contribution in [2.24, 2.45) is 0 Å². The van der Waals surface area contributed by atoms with Gasteiger partial charge in [-0.05, 0) is 23.8 Å². The summed E-state index contributed by atoms with van der Waals surface area (Å²) in [6, 6.07) is 40.9. The van der Waals surface area contributed by atoms with Crippen LogP contribution in [0.25, 0.3) is 5.76 Å². The molecule has 0 aromatic heterocycles. The van der Waals surface area contributed by atoms with Gasteiger partial charge in [0.15, 0.2) is 0 Å². The van der Waals surface area contributed by atoms with Gasteiger partial charge in [-0.1, -0.05) is 121 Å². The van der Waals surface area contributed by atoms with Gasteiger partial charge in [-0.2, -0.15) is 0 Å². The second-order valence-electron chi connectivity index (χ2n) is 6.54. The zero-order valence-electron chi connectivity index (χ0n) is 17.2. The van der Waals surface area contributed by atoms with Crippen molar-refractivity contribution in [3.63, 3.8) is 0 Å². The molecule has 0 unspecified atom stereocenters. The molecule has 0 saturated carbocycles. The summed E-state index contributed by atoms with van der Waals surface area (Å²) >= 11 is 0. The van der Waals surface area contributed by atoms with E-state index in [-0.39, 0.29) is 27.5 Å². The minimum atomic E-state index is -0.446. The Morgan fingerprint density at radius 1 is 0.562 bits per heavy atom. The van der Waals surface area contributed by atoms with Crippen molar-refractivity contribution in [2.75, 3.05) is 0 Å². The maximum absolute atomic E-state index is 9.19. The van der Waals surface area contributed by atoms with Crippen molar-refractivity contribution in [3.8, 4) is 0 Å². The van der Waals surface area contributed by atoms with E-state index >= 15 is 0 Å². The number of aliphatic hydroxyl groups is 1. The van der Waals surface area contributed by atoms with Crippen molar-refractivity contribution in [1.82, 2.24) is 5.23 Å².